The summed E-state index contributed by atoms with van der Waals surface area (Å²) in [5.41, 5.74) is 1.43. The summed E-state index contributed by atoms with van der Waals surface area (Å²) in [6.07, 6.45) is 2.84. The first-order valence-electron chi connectivity index (χ1n) is 6.23. The maximum atomic E-state index is 5.64. The molecule has 1 saturated heterocycles. The molecule has 1 aromatic rings. The van der Waals surface area contributed by atoms with Gasteiger partial charge in [0.2, 0.25) is 0 Å². The van der Waals surface area contributed by atoms with Crippen LogP contribution in [0.1, 0.15) is 38.2 Å². The summed E-state index contributed by atoms with van der Waals surface area (Å²) in [7, 11) is 0. The van der Waals surface area contributed by atoms with E-state index in [2.05, 4.69) is 43.4 Å². The molecule has 1 atom stereocenters. The highest BCUT2D eigenvalue weighted by Gasteiger charge is 2.14. The van der Waals surface area contributed by atoms with Crippen LogP contribution in [-0.2, 0) is 0 Å². The van der Waals surface area contributed by atoms with Crippen LogP contribution >= 0.6 is 0 Å². The van der Waals surface area contributed by atoms with Gasteiger partial charge in [0.25, 0.3) is 0 Å². The van der Waals surface area contributed by atoms with Crippen LogP contribution in [0.15, 0.2) is 24.3 Å². The third kappa shape index (κ3) is 2.99. The van der Waals surface area contributed by atoms with Crippen molar-refractivity contribution in [3.05, 3.63) is 29.8 Å². The van der Waals surface area contributed by atoms with E-state index in [0.29, 0.717) is 5.92 Å². The lowest BCUT2D eigenvalue weighted by Gasteiger charge is -2.23. The third-order valence-corrected chi connectivity index (χ3v) is 3.02. The second kappa shape index (κ2) is 5.35. The first kappa shape index (κ1) is 11.5. The lowest BCUT2D eigenvalue weighted by Crippen LogP contribution is -2.28. The Morgan fingerprint density at radius 1 is 1.25 bits per heavy atom. The van der Waals surface area contributed by atoms with Crippen molar-refractivity contribution in [2.45, 2.75) is 38.7 Å². The van der Waals surface area contributed by atoms with Crippen molar-refractivity contribution in [3.63, 3.8) is 0 Å². The molecule has 0 aromatic heterocycles. The van der Waals surface area contributed by atoms with Gasteiger partial charge in [0.05, 0.1) is 6.10 Å². The second-order valence-corrected chi connectivity index (χ2v) is 4.78. The summed E-state index contributed by atoms with van der Waals surface area (Å²) in [4.78, 5) is 0. The summed E-state index contributed by atoms with van der Waals surface area (Å²) >= 11 is 0. The van der Waals surface area contributed by atoms with E-state index in [4.69, 9.17) is 4.74 Å². The lowest BCUT2D eigenvalue weighted by molar-refractivity contribution is 0.242. The molecule has 0 spiro atoms. The highest BCUT2D eigenvalue weighted by molar-refractivity contribution is 5.30. The highest BCUT2D eigenvalue weighted by Crippen LogP contribution is 2.25. The van der Waals surface area contributed by atoms with Crippen LogP contribution < -0.4 is 10.1 Å². The quantitative estimate of drug-likeness (QED) is 0.844. The van der Waals surface area contributed by atoms with Crippen LogP contribution in [0.4, 0.5) is 0 Å². The SMILES string of the molecule is CC(C)Oc1ccc(C2CCCNC2)cc1. The summed E-state index contributed by atoms with van der Waals surface area (Å²) in [5.74, 6) is 1.66. The van der Waals surface area contributed by atoms with E-state index < -0.39 is 0 Å². The van der Waals surface area contributed by atoms with Crippen molar-refractivity contribution < 1.29 is 4.74 Å². The zero-order valence-electron chi connectivity index (χ0n) is 10.2. The van der Waals surface area contributed by atoms with Gasteiger partial charge >= 0.3 is 0 Å². The van der Waals surface area contributed by atoms with E-state index in [1.165, 1.54) is 24.9 Å². The molecule has 0 radical (unpaired) electrons. The molecule has 1 aliphatic heterocycles. The fourth-order valence-electron chi connectivity index (χ4n) is 2.23. The van der Waals surface area contributed by atoms with Crippen LogP contribution in [0.5, 0.6) is 5.75 Å². The van der Waals surface area contributed by atoms with E-state index in [9.17, 15) is 0 Å². The van der Waals surface area contributed by atoms with Crippen molar-refractivity contribution in [1.29, 1.82) is 0 Å². The van der Waals surface area contributed by atoms with E-state index in [1.807, 2.05) is 0 Å². The molecule has 0 saturated carbocycles. The zero-order chi connectivity index (χ0) is 11.4. The van der Waals surface area contributed by atoms with E-state index in [-0.39, 0.29) is 6.10 Å². The second-order valence-electron chi connectivity index (χ2n) is 4.78. The van der Waals surface area contributed by atoms with Gasteiger partial charge < -0.3 is 10.1 Å². The standard InChI is InChI=1S/C14H21NO/c1-11(2)16-14-7-5-12(6-8-14)13-4-3-9-15-10-13/h5-8,11,13,15H,3-4,9-10H2,1-2H3. The zero-order valence-corrected chi connectivity index (χ0v) is 10.2. The Bertz CT molecular complexity index is 312. The number of benzene rings is 1. The molecule has 0 amide bonds. The van der Waals surface area contributed by atoms with Crippen molar-refractivity contribution in [1.82, 2.24) is 5.32 Å². The van der Waals surface area contributed by atoms with Gasteiger partial charge in [-0.1, -0.05) is 12.1 Å². The van der Waals surface area contributed by atoms with Crippen molar-refractivity contribution in [2.24, 2.45) is 0 Å². The summed E-state index contributed by atoms with van der Waals surface area (Å²) in [5, 5.41) is 3.45. The Morgan fingerprint density at radius 3 is 2.56 bits per heavy atom. The number of nitrogens with one attached hydrogen (secondary N) is 1. The number of hydrogen-bond donors (Lipinski definition) is 1. The smallest absolute Gasteiger partial charge is 0.119 e. The first-order chi connectivity index (χ1) is 7.75. The molecule has 1 unspecified atom stereocenters. The van der Waals surface area contributed by atoms with Gasteiger partial charge in [0.15, 0.2) is 0 Å². The van der Waals surface area contributed by atoms with Gasteiger partial charge in [0.1, 0.15) is 5.75 Å². The van der Waals surface area contributed by atoms with Crippen LogP contribution in [-0.4, -0.2) is 19.2 Å². The van der Waals surface area contributed by atoms with E-state index in [1.54, 1.807) is 0 Å². The predicted molar refractivity (Wildman–Crippen MR) is 67.1 cm³/mol. The molecule has 2 heteroatoms. The number of hydrogen-bond acceptors (Lipinski definition) is 2. The summed E-state index contributed by atoms with van der Waals surface area (Å²) < 4.78 is 5.64. The summed E-state index contributed by atoms with van der Waals surface area (Å²) in [6.45, 7) is 6.40. The van der Waals surface area contributed by atoms with Gasteiger partial charge in [-0.15, -0.1) is 0 Å². The fraction of sp³-hybridized carbons (Fsp3) is 0.571. The van der Waals surface area contributed by atoms with Gasteiger partial charge in [-0.2, -0.15) is 0 Å². The Balaban J connectivity index is 2.00. The molecule has 1 heterocycles. The molecule has 16 heavy (non-hydrogen) atoms. The lowest BCUT2D eigenvalue weighted by atomic mass is 9.92. The van der Waals surface area contributed by atoms with Crippen molar-refractivity contribution in [3.8, 4) is 5.75 Å². The molecular formula is C14H21NO. The van der Waals surface area contributed by atoms with Gasteiger partial charge in [-0.25, -0.2) is 0 Å². The highest BCUT2D eigenvalue weighted by atomic mass is 16.5. The van der Waals surface area contributed by atoms with Gasteiger partial charge in [-0.3, -0.25) is 0 Å². The topological polar surface area (TPSA) is 21.3 Å². The molecule has 1 N–H and O–H groups in total. The van der Waals surface area contributed by atoms with Gasteiger partial charge in [0, 0.05) is 6.54 Å². The average Bonchev–Trinajstić information content (AvgIpc) is 2.30. The molecular weight excluding hydrogens is 198 g/mol. The van der Waals surface area contributed by atoms with E-state index >= 15 is 0 Å². The third-order valence-electron chi connectivity index (χ3n) is 3.02. The van der Waals surface area contributed by atoms with Gasteiger partial charge in [-0.05, 0) is 56.8 Å². The number of ether oxygens (including phenoxy) is 1. The maximum absolute atomic E-state index is 5.64. The maximum Gasteiger partial charge on any atom is 0.119 e. The van der Waals surface area contributed by atoms with Crippen molar-refractivity contribution >= 4 is 0 Å². The molecule has 1 aliphatic rings. The molecule has 2 nitrogen and oxygen atoms in total. The Labute approximate surface area is 98.0 Å². The molecule has 1 fully saturated rings. The van der Waals surface area contributed by atoms with E-state index in [0.717, 1.165) is 12.3 Å². The Hall–Kier alpha value is -1.02. The van der Waals surface area contributed by atoms with Crippen LogP contribution in [0.25, 0.3) is 0 Å². The normalized spacial score (nSPS) is 21.1. The summed E-state index contributed by atoms with van der Waals surface area (Å²) in [6, 6.07) is 8.58. The minimum Gasteiger partial charge on any atom is -0.491 e. The molecule has 88 valence electrons. The molecule has 2 rings (SSSR count). The Kier molecular flexibility index (Phi) is 3.83. The minimum absolute atomic E-state index is 0.252. The largest absolute Gasteiger partial charge is 0.491 e. The fourth-order valence-corrected chi connectivity index (χ4v) is 2.23. The first-order valence-corrected chi connectivity index (χ1v) is 6.23. The predicted octanol–water partition coefficient (Wildman–Crippen LogP) is 2.94. The monoisotopic (exact) mass is 219 g/mol. The van der Waals surface area contributed by atoms with Crippen LogP contribution in [0.3, 0.4) is 0 Å². The van der Waals surface area contributed by atoms with Crippen LogP contribution in [0, 0.1) is 0 Å². The molecule has 0 bridgehead atoms. The minimum atomic E-state index is 0.252. The number of rotatable bonds is 3. The van der Waals surface area contributed by atoms with Crippen molar-refractivity contribution in [2.75, 3.05) is 13.1 Å². The molecule has 1 aromatic carbocycles. The van der Waals surface area contributed by atoms with Crippen LogP contribution in [0.2, 0.25) is 0 Å². The number of piperidine rings is 1. The average molecular weight is 219 g/mol. The molecule has 0 aliphatic carbocycles. The Morgan fingerprint density at radius 2 is 2.00 bits per heavy atom.